The van der Waals surface area contributed by atoms with Crippen LogP contribution in [0.5, 0.6) is 0 Å². The summed E-state index contributed by atoms with van der Waals surface area (Å²) in [6.45, 7) is 0. The molecular formula is C13H8FIO2S. The molecule has 0 aliphatic rings. The molecule has 2 nitrogen and oxygen atoms in total. The summed E-state index contributed by atoms with van der Waals surface area (Å²) >= 11 is 3.76. The highest BCUT2D eigenvalue weighted by Crippen LogP contribution is 2.31. The van der Waals surface area contributed by atoms with Gasteiger partial charge in [0.1, 0.15) is 23.3 Å². The standard InChI is InChI=1S/C13H8FIO2S/c14-9-1-2-10-7(3-9)4-11(17-10)13(16)8-5-12(15)18-6-8/h1-6,13,16H. The molecule has 0 bridgehead atoms. The van der Waals surface area contributed by atoms with Gasteiger partial charge in [-0.3, -0.25) is 0 Å². The number of benzene rings is 1. The molecular weight excluding hydrogens is 366 g/mol. The van der Waals surface area contributed by atoms with Crippen LogP contribution in [0, 0.1) is 8.70 Å². The largest absolute Gasteiger partial charge is 0.458 e. The third-order valence-corrected chi connectivity index (χ3v) is 4.48. The lowest BCUT2D eigenvalue weighted by molar-refractivity contribution is 0.192. The normalized spacial score (nSPS) is 13.1. The van der Waals surface area contributed by atoms with Crippen LogP contribution in [-0.4, -0.2) is 5.11 Å². The molecule has 2 heterocycles. The van der Waals surface area contributed by atoms with Crippen molar-refractivity contribution in [3.8, 4) is 0 Å². The molecule has 3 rings (SSSR count). The van der Waals surface area contributed by atoms with Gasteiger partial charge in [-0.1, -0.05) is 0 Å². The zero-order valence-electron chi connectivity index (χ0n) is 9.06. The van der Waals surface area contributed by atoms with Crippen molar-refractivity contribution in [2.75, 3.05) is 0 Å². The molecule has 1 aromatic carbocycles. The molecule has 92 valence electrons. The maximum absolute atomic E-state index is 13.1. The highest BCUT2D eigenvalue weighted by atomic mass is 127. The van der Waals surface area contributed by atoms with Gasteiger partial charge in [0, 0.05) is 5.39 Å². The molecule has 0 spiro atoms. The average molecular weight is 374 g/mol. The Bertz CT molecular complexity index is 704. The van der Waals surface area contributed by atoms with Gasteiger partial charge in [-0.2, -0.15) is 0 Å². The van der Waals surface area contributed by atoms with E-state index in [0.717, 1.165) is 8.45 Å². The summed E-state index contributed by atoms with van der Waals surface area (Å²) in [7, 11) is 0. The molecule has 0 fully saturated rings. The van der Waals surface area contributed by atoms with Gasteiger partial charge in [0.15, 0.2) is 0 Å². The molecule has 0 saturated heterocycles. The summed E-state index contributed by atoms with van der Waals surface area (Å²) in [5, 5.41) is 12.7. The highest BCUT2D eigenvalue weighted by molar-refractivity contribution is 14.1. The van der Waals surface area contributed by atoms with Crippen LogP contribution in [0.1, 0.15) is 17.4 Å². The van der Waals surface area contributed by atoms with Crippen LogP contribution in [0.3, 0.4) is 0 Å². The van der Waals surface area contributed by atoms with Crippen molar-refractivity contribution >= 4 is 44.9 Å². The average Bonchev–Trinajstić information content (AvgIpc) is 2.93. The molecule has 0 saturated carbocycles. The van der Waals surface area contributed by atoms with E-state index >= 15 is 0 Å². The van der Waals surface area contributed by atoms with E-state index in [-0.39, 0.29) is 5.82 Å². The van der Waals surface area contributed by atoms with Gasteiger partial charge in [-0.05, 0) is 63.9 Å². The maximum atomic E-state index is 13.1. The zero-order valence-corrected chi connectivity index (χ0v) is 12.0. The van der Waals surface area contributed by atoms with E-state index in [1.54, 1.807) is 23.5 Å². The van der Waals surface area contributed by atoms with Gasteiger partial charge in [0.05, 0.1) is 2.88 Å². The summed E-state index contributed by atoms with van der Waals surface area (Å²) in [6, 6.07) is 7.89. The Morgan fingerprint density at radius 1 is 1.28 bits per heavy atom. The molecule has 0 aliphatic carbocycles. The Morgan fingerprint density at radius 3 is 2.83 bits per heavy atom. The van der Waals surface area contributed by atoms with Crippen molar-refractivity contribution < 1.29 is 13.9 Å². The first-order valence-electron chi connectivity index (χ1n) is 5.24. The maximum Gasteiger partial charge on any atom is 0.138 e. The molecule has 2 aromatic heterocycles. The SMILES string of the molecule is OC(c1csc(I)c1)c1cc2cc(F)ccc2o1. The summed E-state index contributed by atoms with van der Waals surface area (Å²) in [6.07, 6.45) is -0.805. The quantitative estimate of drug-likeness (QED) is 0.678. The predicted molar refractivity (Wildman–Crippen MR) is 77.3 cm³/mol. The van der Waals surface area contributed by atoms with Crippen LogP contribution in [-0.2, 0) is 0 Å². The van der Waals surface area contributed by atoms with E-state index in [2.05, 4.69) is 22.6 Å². The van der Waals surface area contributed by atoms with Crippen LogP contribution in [0.2, 0.25) is 0 Å². The topological polar surface area (TPSA) is 33.4 Å². The minimum absolute atomic E-state index is 0.311. The van der Waals surface area contributed by atoms with Gasteiger partial charge in [0.25, 0.3) is 0 Å². The lowest BCUT2D eigenvalue weighted by Gasteiger charge is -2.03. The van der Waals surface area contributed by atoms with Crippen LogP contribution in [0.25, 0.3) is 11.0 Å². The number of fused-ring (bicyclic) bond motifs is 1. The van der Waals surface area contributed by atoms with Crippen molar-refractivity contribution in [2.24, 2.45) is 0 Å². The summed E-state index contributed by atoms with van der Waals surface area (Å²) in [5.41, 5.74) is 1.37. The van der Waals surface area contributed by atoms with Gasteiger partial charge >= 0.3 is 0 Å². The number of hydrogen-bond acceptors (Lipinski definition) is 3. The second-order valence-electron chi connectivity index (χ2n) is 3.92. The molecule has 5 heteroatoms. The van der Waals surface area contributed by atoms with Crippen molar-refractivity contribution in [1.82, 2.24) is 0 Å². The van der Waals surface area contributed by atoms with E-state index in [1.165, 1.54) is 12.1 Å². The minimum Gasteiger partial charge on any atom is -0.458 e. The molecule has 3 aromatic rings. The smallest absolute Gasteiger partial charge is 0.138 e. The number of furan rings is 1. The molecule has 1 N–H and O–H groups in total. The second kappa shape index (κ2) is 4.64. The molecule has 0 aliphatic heterocycles. The fourth-order valence-corrected chi connectivity index (χ4v) is 3.19. The summed E-state index contributed by atoms with van der Waals surface area (Å²) in [5.74, 6) is 0.124. The number of halogens is 2. The fourth-order valence-electron chi connectivity index (χ4n) is 1.80. The molecule has 0 radical (unpaired) electrons. The third kappa shape index (κ3) is 2.17. The molecule has 0 amide bonds. The van der Waals surface area contributed by atoms with Crippen LogP contribution in [0.4, 0.5) is 4.39 Å². The Hall–Kier alpha value is -0.920. The van der Waals surface area contributed by atoms with E-state index in [9.17, 15) is 9.50 Å². The third-order valence-electron chi connectivity index (χ3n) is 2.67. The monoisotopic (exact) mass is 374 g/mol. The number of aliphatic hydroxyl groups is 1. The van der Waals surface area contributed by atoms with Crippen molar-refractivity contribution in [2.45, 2.75) is 6.10 Å². The minimum atomic E-state index is -0.805. The zero-order chi connectivity index (χ0) is 12.7. The highest BCUT2D eigenvalue weighted by Gasteiger charge is 2.17. The first-order chi connectivity index (χ1) is 8.63. The lowest BCUT2D eigenvalue weighted by Crippen LogP contribution is -1.95. The van der Waals surface area contributed by atoms with Gasteiger partial charge in [-0.15, -0.1) is 11.3 Å². The van der Waals surface area contributed by atoms with Gasteiger partial charge in [0.2, 0.25) is 0 Å². The Morgan fingerprint density at radius 2 is 2.11 bits per heavy atom. The van der Waals surface area contributed by atoms with E-state index in [0.29, 0.717) is 16.7 Å². The first-order valence-corrected chi connectivity index (χ1v) is 7.20. The van der Waals surface area contributed by atoms with Gasteiger partial charge in [-0.25, -0.2) is 4.39 Å². The fraction of sp³-hybridized carbons (Fsp3) is 0.0769. The molecule has 1 atom stereocenters. The van der Waals surface area contributed by atoms with E-state index < -0.39 is 6.10 Å². The predicted octanol–water partition coefficient (Wildman–Crippen LogP) is 4.32. The second-order valence-corrected chi connectivity index (χ2v) is 6.72. The molecule has 18 heavy (non-hydrogen) atoms. The number of thiophene rings is 1. The van der Waals surface area contributed by atoms with Crippen molar-refractivity contribution in [1.29, 1.82) is 0 Å². The van der Waals surface area contributed by atoms with Crippen LogP contribution < -0.4 is 0 Å². The Balaban J connectivity index is 2.03. The molecule has 1 unspecified atom stereocenters. The first kappa shape index (κ1) is 12.1. The Kier molecular flexibility index (Phi) is 3.13. The van der Waals surface area contributed by atoms with Crippen LogP contribution >= 0.6 is 33.9 Å². The van der Waals surface area contributed by atoms with E-state index in [4.69, 9.17) is 4.42 Å². The lowest BCUT2D eigenvalue weighted by atomic mass is 10.1. The summed E-state index contributed by atoms with van der Waals surface area (Å²) in [4.78, 5) is 0. The summed E-state index contributed by atoms with van der Waals surface area (Å²) < 4.78 is 19.7. The van der Waals surface area contributed by atoms with Gasteiger partial charge < -0.3 is 9.52 Å². The van der Waals surface area contributed by atoms with Crippen LogP contribution in [0.15, 0.2) is 40.1 Å². The Labute approximate surface area is 120 Å². The van der Waals surface area contributed by atoms with Crippen molar-refractivity contribution in [3.63, 3.8) is 0 Å². The number of hydrogen-bond donors (Lipinski definition) is 1. The van der Waals surface area contributed by atoms with Crippen molar-refractivity contribution in [3.05, 3.63) is 55.7 Å². The number of rotatable bonds is 2. The number of aliphatic hydroxyl groups excluding tert-OH is 1. The van der Waals surface area contributed by atoms with E-state index in [1.807, 2.05) is 11.4 Å².